The van der Waals surface area contributed by atoms with Crippen LogP contribution in [-0.2, 0) is 9.53 Å². The maximum absolute atomic E-state index is 10.0. The number of nitrogens with two attached hydrogens (primary N) is 1. The van der Waals surface area contributed by atoms with E-state index < -0.39 is 0 Å². The van der Waals surface area contributed by atoms with Crippen molar-refractivity contribution < 1.29 is 15.0 Å². The molecule has 0 bridgehead atoms. The average molecular weight is 135 g/mol. The molecule has 0 aliphatic carbocycles. The van der Waals surface area contributed by atoms with Crippen molar-refractivity contribution in [2.45, 2.75) is 12.8 Å². The van der Waals surface area contributed by atoms with Crippen LogP contribution in [0.15, 0.2) is 0 Å². The number of ether oxygens (including phenoxy) is 1. The first-order valence-electron chi connectivity index (χ1n) is 2.54. The zero-order valence-corrected chi connectivity index (χ0v) is 5.52. The standard InChI is InChI=1S/C5H11NO2.H2O/c1-8-4-2-3-5(6)7;/h2-4H2,1H3,(H2,6,7);1H2. The van der Waals surface area contributed by atoms with Gasteiger partial charge in [-0.3, -0.25) is 4.79 Å². The molecule has 56 valence electrons. The molecule has 0 fully saturated rings. The van der Waals surface area contributed by atoms with Gasteiger partial charge in [0.15, 0.2) is 0 Å². The molecule has 0 saturated heterocycles. The van der Waals surface area contributed by atoms with Gasteiger partial charge in [0.25, 0.3) is 0 Å². The van der Waals surface area contributed by atoms with Crippen molar-refractivity contribution in [3.05, 3.63) is 0 Å². The van der Waals surface area contributed by atoms with Crippen LogP contribution in [0.3, 0.4) is 0 Å². The second kappa shape index (κ2) is 7.39. The molecule has 0 rings (SSSR count). The van der Waals surface area contributed by atoms with Crippen LogP contribution in [-0.4, -0.2) is 25.1 Å². The lowest BCUT2D eigenvalue weighted by molar-refractivity contribution is -0.118. The van der Waals surface area contributed by atoms with Crippen LogP contribution >= 0.6 is 0 Å². The van der Waals surface area contributed by atoms with Crippen molar-refractivity contribution in [3.63, 3.8) is 0 Å². The molecular formula is C5H13NO3. The van der Waals surface area contributed by atoms with E-state index in [9.17, 15) is 4.79 Å². The summed E-state index contributed by atoms with van der Waals surface area (Å²) in [4.78, 5) is 10.0. The van der Waals surface area contributed by atoms with Crippen molar-refractivity contribution in [1.82, 2.24) is 0 Å². The number of primary amides is 1. The Morgan fingerprint density at radius 3 is 2.56 bits per heavy atom. The molecule has 4 heteroatoms. The Morgan fingerprint density at radius 2 is 2.22 bits per heavy atom. The van der Waals surface area contributed by atoms with Gasteiger partial charge in [0, 0.05) is 20.1 Å². The molecule has 0 heterocycles. The summed E-state index contributed by atoms with van der Waals surface area (Å²) in [5, 5.41) is 0. The second-order valence-corrected chi connectivity index (χ2v) is 1.56. The molecule has 0 aromatic carbocycles. The minimum atomic E-state index is -0.262. The summed E-state index contributed by atoms with van der Waals surface area (Å²) in [7, 11) is 1.60. The first kappa shape index (κ1) is 11.2. The second-order valence-electron chi connectivity index (χ2n) is 1.56. The summed E-state index contributed by atoms with van der Waals surface area (Å²) in [6.45, 7) is 0.614. The summed E-state index contributed by atoms with van der Waals surface area (Å²) < 4.78 is 4.68. The van der Waals surface area contributed by atoms with Crippen LogP contribution in [0.4, 0.5) is 0 Å². The fourth-order valence-corrected chi connectivity index (χ4v) is 0.391. The smallest absolute Gasteiger partial charge is 0.217 e. The van der Waals surface area contributed by atoms with Gasteiger partial charge in [-0.2, -0.15) is 0 Å². The minimum absolute atomic E-state index is 0. The zero-order valence-electron chi connectivity index (χ0n) is 5.52. The topological polar surface area (TPSA) is 83.8 Å². The Hall–Kier alpha value is -0.610. The van der Waals surface area contributed by atoms with Crippen molar-refractivity contribution >= 4 is 5.91 Å². The van der Waals surface area contributed by atoms with E-state index in [0.717, 1.165) is 6.42 Å². The third-order valence-electron chi connectivity index (χ3n) is 0.772. The SMILES string of the molecule is COCCCC(N)=O.O. The fourth-order valence-electron chi connectivity index (χ4n) is 0.391. The summed E-state index contributed by atoms with van der Waals surface area (Å²) in [5.41, 5.74) is 4.84. The Labute approximate surface area is 54.3 Å². The van der Waals surface area contributed by atoms with Gasteiger partial charge >= 0.3 is 0 Å². The van der Waals surface area contributed by atoms with Gasteiger partial charge in [-0.05, 0) is 6.42 Å². The Balaban J connectivity index is 0. The van der Waals surface area contributed by atoms with E-state index in [1.165, 1.54) is 0 Å². The Bertz CT molecular complexity index is 74.6. The first-order chi connectivity index (χ1) is 3.77. The summed E-state index contributed by atoms with van der Waals surface area (Å²) in [6, 6.07) is 0. The van der Waals surface area contributed by atoms with Crippen LogP contribution in [0.25, 0.3) is 0 Å². The van der Waals surface area contributed by atoms with Crippen LogP contribution in [0.5, 0.6) is 0 Å². The van der Waals surface area contributed by atoms with Crippen LogP contribution in [0.1, 0.15) is 12.8 Å². The van der Waals surface area contributed by atoms with Crippen molar-refractivity contribution in [3.8, 4) is 0 Å². The van der Waals surface area contributed by atoms with Crippen molar-refractivity contribution in [2.24, 2.45) is 5.73 Å². The number of amides is 1. The number of methoxy groups -OCH3 is 1. The molecule has 0 saturated carbocycles. The largest absolute Gasteiger partial charge is 0.412 e. The molecule has 0 atom stereocenters. The number of hydrogen-bond acceptors (Lipinski definition) is 2. The maximum atomic E-state index is 10.0. The van der Waals surface area contributed by atoms with Crippen LogP contribution in [0, 0.1) is 0 Å². The van der Waals surface area contributed by atoms with Crippen LogP contribution < -0.4 is 5.73 Å². The average Bonchev–Trinajstić information content (AvgIpc) is 1.66. The van der Waals surface area contributed by atoms with Crippen molar-refractivity contribution in [2.75, 3.05) is 13.7 Å². The highest BCUT2D eigenvalue weighted by molar-refractivity contribution is 5.73. The lowest BCUT2D eigenvalue weighted by Gasteiger charge is -1.92. The van der Waals surface area contributed by atoms with Gasteiger partial charge in [-0.1, -0.05) is 0 Å². The van der Waals surface area contributed by atoms with E-state index in [4.69, 9.17) is 5.73 Å². The fraction of sp³-hybridized carbons (Fsp3) is 0.800. The lowest BCUT2D eigenvalue weighted by atomic mass is 10.3. The molecule has 0 radical (unpaired) electrons. The van der Waals surface area contributed by atoms with E-state index in [2.05, 4.69) is 4.74 Å². The molecule has 0 spiro atoms. The van der Waals surface area contributed by atoms with Crippen molar-refractivity contribution in [1.29, 1.82) is 0 Å². The highest BCUT2D eigenvalue weighted by Gasteiger charge is 1.90. The van der Waals surface area contributed by atoms with E-state index in [1.54, 1.807) is 7.11 Å². The quantitative estimate of drug-likeness (QED) is 0.505. The maximum Gasteiger partial charge on any atom is 0.217 e. The molecule has 0 aromatic heterocycles. The molecular weight excluding hydrogens is 122 g/mol. The van der Waals surface area contributed by atoms with E-state index >= 15 is 0 Å². The summed E-state index contributed by atoms with van der Waals surface area (Å²) >= 11 is 0. The summed E-state index contributed by atoms with van der Waals surface area (Å²) in [6.07, 6.45) is 1.15. The van der Waals surface area contributed by atoms with Gasteiger partial charge in [0.05, 0.1) is 0 Å². The number of hydrogen-bond donors (Lipinski definition) is 1. The minimum Gasteiger partial charge on any atom is -0.412 e. The van der Waals surface area contributed by atoms with Crippen LogP contribution in [0.2, 0.25) is 0 Å². The molecule has 0 unspecified atom stereocenters. The Kier molecular flexibility index (Phi) is 9.21. The van der Waals surface area contributed by atoms with E-state index in [-0.39, 0.29) is 11.4 Å². The van der Waals surface area contributed by atoms with Gasteiger partial charge in [0.2, 0.25) is 5.91 Å². The predicted molar refractivity (Wildman–Crippen MR) is 33.9 cm³/mol. The molecule has 1 amide bonds. The molecule has 4 nitrogen and oxygen atoms in total. The summed E-state index contributed by atoms with van der Waals surface area (Å²) in [5.74, 6) is -0.262. The highest BCUT2D eigenvalue weighted by Crippen LogP contribution is 1.85. The normalized spacial score (nSPS) is 8.11. The molecule has 0 aromatic rings. The van der Waals surface area contributed by atoms with E-state index in [0.29, 0.717) is 13.0 Å². The molecule has 9 heavy (non-hydrogen) atoms. The van der Waals surface area contributed by atoms with Gasteiger partial charge in [-0.25, -0.2) is 0 Å². The highest BCUT2D eigenvalue weighted by atomic mass is 16.5. The third-order valence-corrected chi connectivity index (χ3v) is 0.772. The monoisotopic (exact) mass is 135 g/mol. The molecule has 4 N–H and O–H groups in total. The first-order valence-corrected chi connectivity index (χ1v) is 2.54. The number of rotatable bonds is 4. The van der Waals surface area contributed by atoms with Gasteiger partial charge in [-0.15, -0.1) is 0 Å². The Morgan fingerprint density at radius 1 is 1.67 bits per heavy atom. The van der Waals surface area contributed by atoms with E-state index in [1.807, 2.05) is 0 Å². The lowest BCUT2D eigenvalue weighted by Crippen LogP contribution is -2.10. The number of carbonyl (C=O) groups is 1. The zero-order chi connectivity index (χ0) is 6.41. The molecule has 0 aliphatic heterocycles. The van der Waals surface area contributed by atoms with Gasteiger partial charge < -0.3 is 15.9 Å². The van der Waals surface area contributed by atoms with Gasteiger partial charge in [0.1, 0.15) is 0 Å². The third kappa shape index (κ3) is 11.1. The molecule has 0 aliphatic rings. The number of carbonyl (C=O) groups excluding carboxylic acids is 1. The predicted octanol–water partition coefficient (Wildman–Crippen LogP) is -0.926.